The molecule has 2 saturated heterocycles. The molecule has 0 spiro atoms. The van der Waals surface area contributed by atoms with Crippen LogP contribution in [0.4, 0.5) is 30.2 Å². The number of rotatable bonds is 13. The lowest BCUT2D eigenvalue weighted by Crippen LogP contribution is -2.47. The van der Waals surface area contributed by atoms with E-state index in [9.17, 15) is 36.5 Å². The number of pyridine rings is 1. The Labute approximate surface area is 374 Å². The van der Waals surface area contributed by atoms with E-state index in [4.69, 9.17) is 14.2 Å². The number of fused-ring (bicyclic) bond motifs is 1. The Bertz CT molecular complexity index is 2740. The minimum absolute atomic E-state index is 0.00791. The Morgan fingerprint density at radius 3 is 2.57 bits per heavy atom. The number of amides is 1. The Kier molecular flexibility index (Phi) is 12.9. The van der Waals surface area contributed by atoms with Crippen molar-refractivity contribution in [1.29, 1.82) is 0 Å². The molecule has 65 heavy (non-hydrogen) atoms. The van der Waals surface area contributed by atoms with Crippen molar-refractivity contribution in [3.63, 3.8) is 0 Å². The third-order valence-corrected chi connectivity index (χ3v) is 13.5. The van der Waals surface area contributed by atoms with E-state index in [1.165, 1.54) is 42.1 Å². The number of benzene rings is 3. The van der Waals surface area contributed by atoms with Crippen LogP contribution >= 0.6 is 0 Å². The van der Waals surface area contributed by atoms with Gasteiger partial charge in [-0.2, -0.15) is 13.2 Å². The van der Waals surface area contributed by atoms with E-state index in [0.717, 1.165) is 47.5 Å². The van der Waals surface area contributed by atoms with Crippen molar-refractivity contribution in [3.05, 3.63) is 117 Å². The van der Waals surface area contributed by atoms with Gasteiger partial charge in [0.2, 0.25) is 0 Å². The van der Waals surface area contributed by atoms with Gasteiger partial charge in [-0.15, -0.1) is 0 Å². The smallest absolute Gasteiger partial charge is 0.416 e. The molecule has 2 aliphatic heterocycles. The number of halogens is 3. The van der Waals surface area contributed by atoms with E-state index in [1.807, 2.05) is 0 Å². The number of nitrogens with zero attached hydrogens (tertiary/aromatic N) is 4. The van der Waals surface area contributed by atoms with Crippen LogP contribution in [0, 0.1) is 22.5 Å². The summed E-state index contributed by atoms with van der Waals surface area (Å²) in [6.07, 6.45) is 1.02. The number of carbonyl (C=O) groups excluding carboxylic acids is 1. The highest BCUT2D eigenvalue weighted by Crippen LogP contribution is 2.45. The first-order valence-corrected chi connectivity index (χ1v) is 22.8. The number of allylic oxidation sites excluding steroid dienone is 1. The fourth-order valence-electron chi connectivity index (χ4n) is 8.58. The molecular formula is C46H50F3N7O8S. The van der Waals surface area contributed by atoms with Gasteiger partial charge in [0, 0.05) is 68.7 Å². The van der Waals surface area contributed by atoms with Gasteiger partial charge in [0.15, 0.2) is 0 Å². The summed E-state index contributed by atoms with van der Waals surface area (Å²) in [5.74, 6) is -0.669. The minimum Gasteiger partial charge on any atom is -0.455 e. The van der Waals surface area contributed by atoms with Crippen molar-refractivity contribution >= 4 is 49.6 Å². The first-order valence-electron chi connectivity index (χ1n) is 21.3. The van der Waals surface area contributed by atoms with Crippen LogP contribution in [-0.4, -0.2) is 99.3 Å². The van der Waals surface area contributed by atoms with Gasteiger partial charge in [-0.25, -0.2) is 18.1 Å². The molecule has 19 heteroatoms. The number of hydrogen-bond acceptors (Lipinski definition) is 12. The second kappa shape index (κ2) is 18.5. The number of nitro benzene ring substituents is 1. The van der Waals surface area contributed by atoms with Gasteiger partial charge in [0.05, 0.1) is 53.1 Å². The van der Waals surface area contributed by atoms with E-state index >= 15 is 0 Å². The van der Waals surface area contributed by atoms with Crippen molar-refractivity contribution in [2.75, 3.05) is 69.3 Å². The Morgan fingerprint density at radius 1 is 1.05 bits per heavy atom. The lowest BCUT2D eigenvalue weighted by atomic mass is 9.72. The first-order chi connectivity index (χ1) is 30.9. The van der Waals surface area contributed by atoms with Crippen LogP contribution in [0.15, 0.2) is 89.6 Å². The van der Waals surface area contributed by atoms with Crippen LogP contribution in [0.5, 0.6) is 11.5 Å². The van der Waals surface area contributed by atoms with Gasteiger partial charge in [0.25, 0.3) is 21.6 Å². The summed E-state index contributed by atoms with van der Waals surface area (Å²) >= 11 is 0. The predicted octanol–water partition coefficient (Wildman–Crippen LogP) is 8.32. The molecule has 1 atom stereocenters. The molecule has 2 aromatic heterocycles. The Balaban J connectivity index is 1.01. The van der Waals surface area contributed by atoms with E-state index in [-0.39, 0.29) is 35.1 Å². The SMILES string of the molecule is Cc1cc(C(F)(F)F)ccc1C1=C(CN2CCN(c3ccc(C(=O)NS(=O)(=O)c4ccc(NC[C@@H]5COCCO5)c([N+](=O)[O-])c4)c(Oc4cnc5[nH]ccc5c4)c3)CC2)CCC(C)(C)C1. The van der Waals surface area contributed by atoms with E-state index in [1.54, 1.807) is 43.5 Å². The largest absolute Gasteiger partial charge is 0.455 e. The molecule has 3 aliphatic rings. The number of aryl methyl sites for hydroxylation is 1. The second-order valence-corrected chi connectivity index (χ2v) is 19.1. The highest BCUT2D eigenvalue weighted by atomic mass is 32.2. The van der Waals surface area contributed by atoms with Crippen molar-refractivity contribution in [1.82, 2.24) is 19.6 Å². The molecule has 3 aromatic carbocycles. The molecule has 0 saturated carbocycles. The molecule has 2 fully saturated rings. The summed E-state index contributed by atoms with van der Waals surface area (Å²) in [4.78, 5) is 36.6. The number of nitrogens with one attached hydrogen (secondary N) is 3. The monoisotopic (exact) mass is 917 g/mol. The molecule has 8 rings (SSSR count). The van der Waals surface area contributed by atoms with Crippen LogP contribution in [-0.2, 0) is 25.7 Å². The number of anilines is 2. The molecule has 1 amide bonds. The summed E-state index contributed by atoms with van der Waals surface area (Å²) in [6.45, 7) is 10.7. The van der Waals surface area contributed by atoms with Gasteiger partial charge in [0.1, 0.15) is 22.8 Å². The van der Waals surface area contributed by atoms with Gasteiger partial charge < -0.3 is 29.4 Å². The zero-order chi connectivity index (χ0) is 46.1. The maximum atomic E-state index is 13.9. The van der Waals surface area contributed by atoms with E-state index in [2.05, 4.69) is 43.7 Å². The topological polar surface area (TPSA) is 181 Å². The summed E-state index contributed by atoms with van der Waals surface area (Å²) in [5.41, 5.74) is 3.97. The van der Waals surface area contributed by atoms with E-state index < -0.39 is 43.2 Å². The van der Waals surface area contributed by atoms with E-state index in [0.29, 0.717) is 69.5 Å². The van der Waals surface area contributed by atoms with Crippen molar-refractivity contribution in [3.8, 4) is 11.5 Å². The van der Waals surface area contributed by atoms with Crippen molar-refractivity contribution in [2.45, 2.75) is 57.2 Å². The maximum Gasteiger partial charge on any atom is 0.416 e. The van der Waals surface area contributed by atoms with Crippen molar-refractivity contribution in [2.24, 2.45) is 5.41 Å². The molecule has 0 bridgehead atoms. The number of carbonyl (C=O) groups is 1. The number of alkyl halides is 3. The molecule has 0 unspecified atom stereocenters. The number of aromatic amines is 1. The molecule has 5 aromatic rings. The number of hydrogen-bond donors (Lipinski definition) is 3. The summed E-state index contributed by atoms with van der Waals surface area (Å²) in [7, 11) is -4.63. The zero-order valence-corrected chi connectivity index (χ0v) is 37.0. The Hall–Kier alpha value is -6.02. The highest BCUT2D eigenvalue weighted by Gasteiger charge is 2.34. The van der Waals surface area contributed by atoms with Crippen LogP contribution < -0.4 is 19.7 Å². The maximum absolute atomic E-state index is 13.9. The molecular weight excluding hydrogens is 868 g/mol. The zero-order valence-electron chi connectivity index (χ0n) is 36.2. The summed E-state index contributed by atoms with van der Waals surface area (Å²) in [6, 6.07) is 15.7. The number of piperazine rings is 1. The van der Waals surface area contributed by atoms with Gasteiger partial charge in [-0.1, -0.05) is 25.5 Å². The number of aromatic nitrogens is 2. The normalized spacial score (nSPS) is 18.4. The quantitative estimate of drug-likeness (QED) is 0.0760. The number of nitro groups is 1. The van der Waals surface area contributed by atoms with Crippen LogP contribution in [0.25, 0.3) is 16.6 Å². The third kappa shape index (κ3) is 10.6. The number of sulfonamides is 1. The molecule has 4 heterocycles. The number of H-pyrrole nitrogens is 1. The molecule has 15 nitrogen and oxygen atoms in total. The highest BCUT2D eigenvalue weighted by molar-refractivity contribution is 7.90. The molecule has 0 radical (unpaired) electrons. The summed E-state index contributed by atoms with van der Waals surface area (Å²) < 4.78 is 87.2. The van der Waals surface area contributed by atoms with Crippen LogP contribution in [0.2, 0.25) is 0 Å². The standard InChI is InChI=1S/C46H50F3N7O8S/c1-29-20-32(46(47,48)49)4-7-37(29)39-24-45(2,3)12-10-31(39)27-54-14-16-55(17-15-54)33-5-8-38(42(22-33)64-34-21-30-11-13-50-43(30)52-25-34)44(57)53-65(60,61)36-6-9-40(41(23-36)56(58)59)51-26-35-28-62-18-19-63-35/h4-9,11,13,20-23,25,35,51H,10,12,14-19,24,26-28H2,1-3H3,(H,50,52)(H,53,57)/t35-/m1/s1. The first kappa shape index (κ1) is 45.5. The van der Waals surface area contributed by atoms with Gasteiger partial charge in [-0.3, -0.25) is 19.8 Å². The lowest BCUT2D eigenvalue weighted by Gasteiger charge is -2.39. The lowest BCUT2D eigenvalue weighted by molar-refractivity contribution is -0.384. The van der Waals surface area contributed by atoms with Gasteiger partial charge >= 0.3 is 6.18 Å². The fourth-order valence-corrected chi connectivity index (χ4v) is 9.57. The third-order valence-electron chi connectivity index (χ3n) is 12.1. The second-order valence-electron chi connectivity index (χ2n) is 17.4. The minimum atomic E-state index is -4.63. The molecule has 1 aliphatic carbocycles. The average Bonchev–Trinajstić information content (AvgIpc) is 3.74. The average molecular weight is 918 g/mol. The molecule has 344 valence electrons. The summed E-state index contributed by atoms with van der Waals surface area (Å²) in [5, 5.41) is 15.7. The number of ether oxygens (including phenoxy) is 3. The predicted molar refractivity (Wildman–Crippen MR) is 239 cm³/mol. The van der Waals surface area contributed by atoms with Gasteiger partial charge in [-0.05, 0) is 96.8 Å². The van der Waals surface area contributed by atoms with Crippen LogP contribution in [0.3, 0.4) is 0 Å². The van der Waals surface area contributed by atoms with Crippen LogP contribution in [0.1, 0.15) is 60.2 Å². The Morgan fingerprint density at radius 2 is 1.85 bits per heavy atom. The van der Waals surface area contributed by atoms with Crippen molar-refractivity contribution < 1.29 is 45.5 Å². The fraction of sp³-hybridized carbons (Fsp3) is 0.391. The molecule has 3 N–H and O–H groups in total.